The Morgan fingerprint density at radius 1 is 1.11 bits per heavy atom. The van der Waals surface area contributed by atoms with Crippen molar-refractivity contribution >= 4 is 40.9 Å². The van der Waals surface area contributed by atoms with Crippen LogP contribution in [0.3, 0.4) is 0 Å². The van der Waals surface area contributed by atoms with E-state index >= 15 is 0 Å². The van der Waals surface area contributed by atoms with Gasteiger partial charge in [0, 0.05) is 16.0 Å². The summed E-state index contributed by atoms with van der Waals surface area (Å²) >= 11 is 1.14. The Hall–Kier alpha value is -2.52. The van der Waals surface area contributed by atoms with E-state index in [4.69, 9.17) is 4.74 Å². The number of fused-ring (bicyclic) bond motifs is 1. The summed E-state index contributed by atoms with van der Waals surface area (Å²) in [7, 11) is 0. The molecule has 0 bridgehead atoms. The maximum absolute atomic E-state index is 12.7. The van der Waals surface area contributed by atoms with Gasteiger partial charge in [-0.1, -0.05) is 24.3 Å². The van der Waals surface area contributed by atoms with Gasteiger partial charge in [0.1, 0.15) is 6.61 Å². The molecule has 1 aromatic heterocycles. The third-order valence-corrected chi connectivity index (χ3v) is 4.59. The van der Waals surface area contributed by atoms with Crippen LogP contribution in [-0.4, -0.2) is 28.5 Å². The second-order valence-electron chi connectivity index (χ2n) is 5.46. The fourth-order valence-electron chi connectivity index (χ4n) is 2.39. The van der Waals surface area contributed by atoms with E-state index in [1.165, 1.54) is 6.07 Å². The summed E-state index contributed by atoms with van der Waals surface area (Å²) in [6, 6.07) is 11.4. The molecule has 0 fully saturated rings. The van der Waals surface area contributed by atoms with E-state index in [1.54, 1.807) is 30.3 Å². The quantitative estimate of drug-likeness (QED) is 0.371. The molecule has 5 nitrogen and oxygen atoms in total. The van der Waals surface area contributed by atoms with Gasteiger partial charge in [0.2, 0.25) is 0 Å². The lowest BCUT2D eigenvalue weighted by Crippen LogP contribution is -2.16. The minimum atomic E-state index is -4.40. The van der Waals surface area contributed by atoms with Gasteiger partial charge in [-0.2, -0.15) is 18.3 Å². The van der Waals surface area contributed by atoms with Crippen LogP contribution in [0, 0.1) is 0 Å². The first kappa shape index (κ1) is 21.8. The number of hydrogen-bond donors (Lipinski definition) is 1. The van der Waals surface area contributed by atoms with Crippen LogP contribution in [-0.2, 0) is 10.9 Å². The van der Waals surface area contributed by atoms with Crippen molar-refractivity contribution in [2.45, 2.75) is 11.1 Å². The van der Waals surface area contributed by atoms with Gasteiger partial charge in [-0.25, -0.2) is 9.89 Å². The van der Waals surface area contributed by atoms with Crippen LogP contribution in [0.25, 0.3) is 10.8 Å². The van der Waals surface area contributed by atoms with Gasteiger partial charge in [-0.05, 0) is 24.3 Å². The number of H-pyrrole nitrogens is 1. The molecule has 148 valence electrons. The fraction of sp³-hybridized carbons (Fsp3) is 0.167. The highest BCUT2D eigenvalue weighted by Crippen LogP contribution is 2.31. The van der Waals surface area contributed by atoms with Gasteiger partial charge >= 0.3 is 12.1 Å². The van der Waals surface area contributed by atoms with Crippen LogP contribution >= 0.6 is 24.2 Å². The molecule has 1 N–H and O–H groups in total. The van der Waals surface area contributed by atoms with Crippen LogP contribution in [0.1, 0.15) is 16.1 Å². The van der Waals surface area contributed by atoms with E-state index in [0.717, 1.165) is 23.9 Å². The second-order valence-corrected chi connectivity index (χ2v) is 6.63. The van der Waals surface area contributed by atoms with Crippen LogP contribution < -0.4 is 5.56 Å². The highest BCUT2D eigenvalue weighted by Gasteiger charge is 2.30. The molecule has 0 spiro atoms. The van der Waals surface area contributed by atoms with Crippen molar-refractivity contribution in [2.75, 3.05) is 12.4 Å². The van der Waals surface area contributed by atoms with Crippen molar-refractivity contribution in [3.8, 4) is 0 Å². The van der Waals surface area contributed by atoms with Crippen molar-refractivity contribution in [1.29, 1.82) is 0 Å². The number of nitrogens with one attached hydrogen (secondary N) is 1. The lowest BCUT2D eigenvalue weighted by Gasteiger charge is -2.09. The highest BCUT2D eigenvalue weighted by molar-refractivity contribution is 7.99. The van der Waals surface area contributed by atoms with Gasteiger partial charge < -0.3 is 4.74 Å². The number of nitrogens with zero attached hydrogens (tertiary/aromatic N) is 1. The summed E-state index contributed by atoms with van der Waals surface area (Å²) in [6.07, 6.45) is -4.40. The maximum Gasteiger partial charge on any atom is 0.416 e. The van der Waals surface area contributed by atoms with Crippen LogP contribution in [0.4, 0.5) is 13.2 Å². The number of aromatic amines is 1. The number of aromatic nitrogens is 2. The number of esters is 1. The first-order chi connectivity index (χ1) is 12.9. The maximum atomic E-state index is 12.7. The average molecular weight is 431 g/mol. The molecule has 0 saturated heterocycles. The van der Waals surface area contributed by atoms with Crippen molar-refractivity contribution in [1.82, 2.24) is 10.2 Å². The summed E-state index contributed by atoms with van der Waals surface area (Å²) in [5.41, 5.74) is -1.16. The number of ether oxygens (including phenoxy) is 1. The van der Waals surface area contributed by atoms with Gasteiger partial charge in [0.15, 0.2) is 5.69 Å². The summed E-state index contributed by atoms with van der Waals surface area (Å²) in [5.74, 6) is -0.443. The summed E-state index contributed by atoms with van der Waals surface area (Å²) in [6.45, 7) is -0.0190. The SMILES string of the molecule is Cl.O=C(OCCSc1cccc(C(F)(F)F)c1)c1n[nH]c(=O)c2ccccc12. The van der Waals surface area contributed by atoms with Gasteiger partial charge in [-0.15, -0.1) is 24.2 Å². The molecule has 1 heterocycles. The summed E-state index contributed by atoms with van der Waals surface area (Å²) < 4.78 is 43.2. The van der Waals surface area contributed by atoms with E-state index < -0.39 is 23.3 Å². The largest absolute Gasteiger partial charge is 0.460 e. The Balaban J connectivity index is 0.00000280. The monoisotopic (exact) mass is 430 g/mol. The number of carbonyl (C=O) groups is 1. The topological polar surface area (TPSA) is 72.0 Å². The normalized spacial score (nSPS) is 11.1. The molecule has 0 aliphatic rings. The highest BCUT2D eigenvalue weighted by atomic mass is 35.5. The average Bonchev–Trinajstić information content (AvgIpc) is 2.65. The zero-order valence-electron chi connectivity index (χ0n) is 14.2. The van der Waals surface area contributed by atoms with E-state index in [1.807, 2.05) is 0 Å². The number of hydrogen-bond acceptors (Lipinski definition) is 5. The molecule has 0 unspecified atom stereocenters. The molecule has 28 heavy (non-hydrogen) atoms. The molecular weight excluding hydrogens is 417 g/mol. The molecule has 0 aliphatic carbocycles. The van der Waals surface area contributed by atoms with Crippen LogP contribution in [0.2, 0.25) is 0 Å². The zero-order valence-corrected chi connectivity index (χ0v) is 15.8. The van der Waals surface area contributed by atoms with Gasteiger partial charge in [-0.3, -0.25) is 4.79 Å². The number of carbonyl (C=O) groups excluding carboxylic acids is 1. The molecular formula is C18H14ClF3N2O3S. The molecule has 3 rings (SSSR count). The van der Waals surface area contributed by atoms with Crippen molar-refractivity contribution in [2.24, 2.45) is 0 Å². The van der Waals surface area contributed by atoms with Crippen LogP contribution in [0.5, 0.6) is 0 Å². The molecule has 0 amide bonds. The molecule has 0 atom stereocenters. The molecule has 0 radical (unpaired) electrons. The Bertz CT molecular complexity index is 1040. The number of thioether (sulfide) groups is 1. The van der Waals surface area contributed by atoms with E-state index in [2.05, 4.69) is 10.2 Å². The standard InChI is InChI=1S/C18H13F3N2O3S.ClH/c19-18(20,21)11-4-3-5-12(10-11)27-9-8-26-17(25)15-13-6-1-2-7-14(13)16(24)23-22-15;/h1-7,10H,8-9H2,(H,23,24);1H. The first-order valence-corrected chi connectivity index (χ1v) is 8.79. The first-order valence-electron chi connectivity index (χ1n) is 7.81. The molecule has 0 aliphatic heterocycles. The van der Waals surface area contributed by atoms with E-state index in [-0.39, 0.29) is 30.5 Å². The Labute approximate surface area is 167 Å². The number of alkyl halides is 3. The van der Waals surface area contributed by atoms with E-state index in [0.29, 0.717) is 15.7 Å². The van der Waals surface area contributed by atoms with Crippen LogP contribution in [0.15, 0.2) is 58.2 Å². The minimum absolute atomic E-state index is 0. The number of benzene rings is 2. The number of rotatable bonds is 5. The summed E-state index contributed by atoms with van der Waals surface area (Å²) in [4.78, 5) is 24.3. The fourth-order valence-corrected chi connectivity index (χ4v) is 3.18. The van der Waals surface area contributed by atoms with Crippen molar-refractivity contribution < 1.29 is 22.7 Å². The summed E-state index contributed by atoms with van der Waals surface area (Å²) in [5, 5.41) is 6.67. The third kappa shape index (κ3) is 5.05. The van der Waals surface area contributed by atoms with Crippen molar-refractivity contribution in [3.63, 3.8) is 0 Å². The molecule has 2 aromatic carbocycles. The molecule has 10 heteroatoms. The third-order valence-electron chi connectivity index (χ3n) is 3.64. The zero-order chi connectivity index (χ0) is 19.4. The Morgan fingerprint density at radius 2 is 1.82 bits per heavy atom. The predicted octanol–water partition coefficient (Wildman–Crippen LogP) is 4.31. The lowest BCUT2D eigenvalue weighted by molar-refractivity contribution is -0.137. The Morgan fingerprint density at radius 3 is 2.54 bits per heavy atom. The van der Waals surface area contributed by atoms with Gasteiger partial charge in [0.05, 0.1) is 10.9 Å². The van der Waals surface area contributed by atoms with E-state index in [9.17, 15) is 22.8 Å². The smallest absolute Gasteiger partial charge is 0.416 e. The lowest BCUT2D eigenvalue weighted by atomic mass is 10.1. The molecule has 0 saturated carbocycles. The Kier molecular flexibility index (Phi) is 7.09. The second kappa shape index (κ2) is 9.11. The molecule has 3 aromatic rings. The van der Waals surface area contributed by atoms with Gasteiger partial charge in [0.25, 0.3) is 5.56 Å². The predicted molar refractivity (Wildman–Crippen MR) is 102 cm³/mol. The minimum Gasteiger partial charge on any atom is -0.460 e. The van der Waals surface area contributed by atoms with Crippen molar-refractivity contribution in [3.05, 3.63) is 70.1 Å². The number of halogens is 4.